The van der Waals surface area contributed by atoms with Crippen LogP contribution in [0.4, 0.5) is 18.9 Å². The van der Waals surface area contributed by atoms with Gasteiger partial charge in [-0.25, -0.2) is 0 Å². The number of benzene rings is 2. The Morgan fingerprint density at radius 1 is 1.17 bits per heavy atom. The fourth-order valence-corrected chi connectivity index (χ4v) is 2.69. The van der Waals surface area contributed by atoms with E-state index in [-0.39, 0.29) is 17.7 Å². The van der Waals surface area contributed by atoms with Gasteiger partial charge < -0.3 is 5.32 Å². The zero-order valence-electron chi connectivity index (χ0n) is 12.6. The number of nitrogens with one attached hydrogen (secondary N) is 1. The predicted molar refractivity (Wildman–Crippen MR) is 85.3 cm³/mol. The van der Waals surface area contributed by atoms with Crippen LogP contribution in [0.3, 0.4) is 0 Å². The lowest BCUT2D eigenvalue weighted by atomic mass is 10.1. The molecule has 0 spiro atoms. The van der Waals surface area contributed by atoms with E-state index in [0.29, 0.717) is 17.7 Å². The summed E-state index contributed by atoms with van der Waals surface area (Å²) < 4.78 is 37.7. The van der Waals surface area contributed by atoms with Gasteiger partial charge in [-0.05, 0) is 48.2 Å². The van der Waals surface area contributed by atoms with Gasteiger partial charge in [-0.1, -0.05) is 24.1 Å². The maximum absolute atomic E-state index is 12.6. The van der Waals surface area contributed by atoms with Gasteiger partial charge in [-0.15, -0.1) is 6.42 Å². The van der Waals surface area contributed by atoms with Crippen LogP contribution in [0.25, 0.3) is 0 Å². The highest BCUT2D eigenvalue weighted by molar-refractivity contribution is 5.95. The van der Waals surface area contributed by atoms with Crippen molar-refractivity contribution in [1.29, 1.82) is 0 Å². The van der Waals surface area contributed by atoms with E-state index < -0.39 is 11.7 Å². The molecule has 0 saturated heterocycles. The first-order chi connectivity index (χ1) is 11.4. The van der Waals surface area contributed by atoms with Crippen LogP contribution in [0, 0.1) is 18.3 Å². The molecule has 0 radical (unpaired) electrons. The van der Waals surface area contributed by atoms with Gasteiger partial charge in [0.05, 0.1) is 5.56 Å². The molecule has 122 valence electrons. The predicted octanol–water partition coefficient (Wildman–Crippen LogP) is 4.43. The van der Waals surface area contributed by atoms with Crippen LogP contribution in [0.2, 0.25) is 0 Å². The smallest absolute Gasteiger partial charge is 0.326 e. The summed E-state index contributed by atoms with van der Waals surface area (Å²) in [6.45, 7) is 0. The summed E-state index contributed by atoms with van der Waals surface area (Å²) in [6, 6.07) is 12.0. The number of hydrogen-bond donors (Lipinski definition) is 1. The summed E-state index contributed by atoms with van der Waals surface area (Å²) in [5, 5.41) is 2.80. The molecule has 2 aromatic rings. The summed E-state index contributed by atoms with van der Waals surface area (Å²) >= 11 is 0. The molecule has 1 saturated carbocycles. The van der Waals surface area contributed by atoms with Crippen molar-refractivity contribution in [3.8, 4) is 12.3 Å². The standard InChI is InChI=1S/C19H14F3NO/c1-2-12-4-3-5-15(10-12)23-18(24)17-11-16(17)13-6-8-14(9-7-13)19(20,21)22/h1,3-10,16-17H,11H2,(H,23,24). The highest BCUT2D eigenvalue weighted by atomic mass is 19.4. The molecule has 1 aliphatic rings. The van der Waals surface area contributed by atoms with E-state index in [9.17, 15) is 18.0 Å². The second-order valence-corrected chi connectivity index (χ2v) is 5.78. The zero-order valence-corrected chi connectivity index (χ0v) is 12.6. The number of terminal acetylenes is 1. The quantitative estimate of drug-likeness (QED) is 0.829. The number of carbonyl (C=O) groups excluding carboxylic acids is 1. The van der Waals surface area contributed by atoms with Gasteiger partial charge >= 0.3 is 6.18 Å². The molecule has 5 heteroatoms. The largest absolute Gasteiger partial charge is 0.416 e. The lowest BCUT2D eigenvalue weighted by molar-refractivity contribution is -0.137. The van der Waals surface area contributed by atoms with Gasteiger partial charge in [0, 0.05) is 17.2 Å². The van der Waals surface area contributed by atoms with E-state index in [4.69, 9.17) is 6.42 Å². The third kappa shape index (κ3) is 3.43. The molecule has 1 N–H and O–H groups in total. The van der Waals surface area contributed by atoms with Crippen molar-refractivity contribution in [2.24, 2.45) is 5.92 Å². The van der Waals surface area contributed by atoms with E-state index >= 15 is 0 Å². The van der Waals surface area contributed by atoms with Crippen molar-refractivity contribution < 1.29 is 18.0 Å². The number of anilines is 1. The minimum atomic E-state index is -4.35. The molecule has 0 heterocycles. The topological polar surface area (TPSA) is 29.1 Å². The maximum Gasteiger partial charge on any atom is 0.416 e. The van der Waals surface area contributed by atoms with Crippen molar-refractivity contribution in [3.63, 3.8) is 0 Å². The molecular formula is C19H14F3NO. The molecule has 0 aromatic heterocycles. The van der Waals surface area contributed by atoms with Crippen LogP contribution < -0.4 is 5.32 Å². The lowest BCUT2D eigenvalue weighted by Gasteiger charge is -2.08. The molecule has 2 nitrogen and oxygen atoms in total. The Labute approximate surface area is 137 Å². The van der Waals surface area contributed by atoms with E-state index in [2.05, 4.69) is 11.2 Å². The van der Waals surface area contributed by atoms with E-state index in [1.165, 1.54) is 12.1 Å². The monoisotopic (exact) mass is 329 g/mol. The Morgan fingerprint density at radius 2 is 1.88 bits per heavy atom. The molecule has 1 fully saturated rings. The first kappa shape index (κ1) is 16.1. The number of alkyl halides is 3. The number of rotatable bonds is 3. The van der Waals surface area contributed by atoms with Crippen molar-refractivity contribution in [1.82, 2.24) is 0 Å². The molecular weight excluding hydrogens is 315 g/mol. The highest BCUT2D eigenvalue weighted by Gasteiger charge is 2.44. The third-order valence-electron chi connectivity index (χ3n) is 4.09. The average molecular weight is 329 g/mol. The van der Waals surface area contributed by atoms with Crippen molar-refractivity contribution in [3.05, 3.63) is 65.2 Å². The number of amides is 1. The van der Waals surface area contributed by atoms with Crippen LogP contribution >= 0.6 is 0 Å². The molecule has 24 heavy (non-hydrogen) atoms. The number of hydrogen-bond acceptors (Lipinski definition) is 1. The van der Waals surface area contributed by atoms with Crippen LogP contribution in [-0.2, 0) is 11.0 Å². The highest BCUT2D eigenvalue weighted by Crippen LogP contribution is 2.48. The van der Waals surface area contributed by atoms with Gasteiger partial charge in [0.15, 0.2) is 0 Å². The first-order valence-corrected chi connectivity index (χ1v) is 7.43. The molecule has 2 atom stereocenters. The van der Waals surface area contributed by atoms with Crippen molar-refractivity contribution in [2.75, 3.05) is 5.32 Å². The first-order valence-electron chi connectivity index (χ1n) is 7.43. The van der Waals surface area contributed by atoms with Gasteiger partial charge in [0.25, 0.3) is 0 Å². The molecule has 1 aliphatic carbocycles. The lowest BCUT2D eigenvalue weighted by Crippen LogP contribution is -2.14. The Kier molecular flexibility index (Phi) is 4.06. The summed E-state index contributed by atoms with van der Waals surface area (Å²) in [5.74, 6) is 2.09. The molecule has 0 aliphatic heterocycles. The fraction of sp³-hybridized carbons (Fsp3) is 0.211. The van der Waals surface area contributed by atoms with E-state index in [0.717, 1.165) is 17.7 Å². The van der Waals surface area contributed by atoms with Gasteiger partial charge in [0.2, 0.25) is 5.91 Å². The summed E-state index contributed by atoms with van der Waals surface area (Å²) in [7, 11) is 0. The number of halogens is 3. The van der Waals surface area contributed by atoms with Crippen LogP contribution in [0.5, 0.6) is 0 Å². The molecule has 0 bridgehead atoms. The maximum atomic E-state index is 12.6. The Hall–Kier alpha value is -2.74. The number of carbonyl (C=O) groups is 1. The third-order valence-corrected chi connectivity index (χ3v) is 4.09. The molecule has 1 amide bonds. The Morgan fingerprint density at radius 3 is 2.50 bits per heavy atom. The SMILES string of the molecule is C#Cc1cccc(NC(=O)C2CC2c2ccc(C(F)(F)F)cc2)c1. The normalized spacial score (nSPS) is 19.4. The zero-order chi connectivity index (χ0) is 17.3. The van der Waals surface area contributed by atoms with E-state index in [1.807, 2.05) is 0 Å². The van der Waals surface area contributed by atoms with E-state index in [1.54, 1.807) is 24.3 Å². The van der Waals surface area contributed by atoms with Gasteiger partial charge in [-0.3, -0.25) is 4.79 Å². The summed E-state index contributed by atoms with van der Waals surface area (Å²) in [6.07, 6.45) is 1.60. The van der Waals surface area contributed by atoms with Gasteiger partial charge in [-0.2, -0.15) is 13.2 Å². The van der Waals surface area contributed by atoms with Crippen LogP contribution in [0.15, 0.2) is 48.5 Å². The molecule has 3 rings (SSSR count). The average Bonchev–Trinajstić information content (AvgIpc) is 3.35. The van der Waals surface area contributed by atoms with Crippen molar-refractivity contribution >= 4 is 11.6 Å². The molecule has 2 unspecified atom stereocenters. The summed E-state index contributed by atoms with van der Waals surface area (Å²) in [4.78, 5) is 12.2. The van der Waals surface area contributed by atoms with Crippen LogP contribution in [0.1, 0.15) is 29.0 Å². The fourth-order valence-electron chi connectivity index (χ4n) is 2.69. The minimum Gasteiger partial charge on any atom is -0.326 e. The van der Waals surface area contributed by atoms with Gasteiger partial charge in [0.1, 0.15) is 0 Å². The minimum absolute atomic E-state index is 0.0388. The molecule has 2 aromatic carbocycles. The Balaban J connectivity index is 1.64. The summed E-state index contributed by atoms with van der Waals surface area (Å²) in [5.41, 5.74) is 1.36. The van der Waals surface area contributed by atoms with Crippen LogP contribution in [-0.4, -0.2) is 5.91 Å². The second-order valence-electron chi connectivity index (χ2n) is 5.78. The second kappa shape index (κ2) is 6.04. The van der Waals surface area contributed by atoms with Crippen molar-refractivity contribution in [2.45, 2.75) is 18.5 Å². The Bertz CT molecular complexity index is 803.